The van der Waals surface area contributed by atoms with Gasteiger partial charge in [0.15, 0.2) is 5.82 Å². The van der Waals surface area contributed by atoms with Crippen LogP contribution in [-0.4, -0.2) is 10.1 Å². The first-order valence-corrected chi connectivity index (χ1v) is 5.69. The first-order chi connectivity index (χ1) is 7.10. The molecule has 0 amide bonds. The van der Waals surface area contributed by atoms with Crippen molar-refractivity contribution in [2.24, 2.45) is 11.7 Å². The Balaban J connectivity index is 2.75. The van der Waals surface area contributed by atoms with Gasteiger partial charge in [-0.15, -0.1) is 0 Å². The molecule has 4 nitrogen and oxygen atoms in total. The summed E-state index contributed by atoms with van der Waals surface area (Å²) in [6.07, 6.45) is 2.03. The Bertz CT molecular complexity index is 298. The van der Waals surface area contributed by atoms with E-state index in [1.54, 1.807) is 0 Å². The van der Waals surface area contributed by atoms with Gasteiger partial charge in [0.1, 0.15) is 0 Å². The second kappa shape index (κ2) is 5.26. The number of rotatable bonds is 5. The van der Waals surface area contributed by atoms with Crippen molar-refractivity contribution < 1.29 is 4.52 Å². The summed E-state index contributed by atoms with van der Waals surface area (Å²) in [5, 5.41) is 3.96. The molecule has 0 radical (unpaired) electrons. The summed E-state index contributed by atoms with van der Waals surface area (Å²) >= 11 is 0. The minimum absolute atomic E-state index is 0.139. The molecule has 1 rings (SSSR count). The average molecular weight is 211 g/mol. The molecule has 0 bridgehead atoms. The van der Waals surface area contributed by atoms with Gasteiger partial charge in [0.05, 0.1) is 6.04 Å². The van der Waals surface area contributed by atoms with Gasteiger partial charge in [-0.25, -0.2) is 0 Å². The summed E-state index contributed by atoms with van der Waals surface area (Å²) in [4.78, 5) is 4.35. The zero-order valence-electron chi connectivity index (χ0n) is 10.0. The van der Waals surface area contributed by atoms with E-state index < -0.39 is 0 Å². The molecule has 1 aromatic heterocycles. The molecule has 1 aromatic rings. The van der Waals surface area contributed by atoms with Gasteiger partial charge in [0, 0.05) is 5.92 Å². The van der Waals surface area contributed by atoms with Crippen LogP contribution in [0.25, 0.3) is 0 Å². The monoisotopic (exact) mass is 211 g/mol. The SMILES string of the molecule is CCC(C)c1noc(C(N)C(C)CC)n1. The van der Waals surface area contributed by atoms with E-state index in [9.17, 15) is 0 Å². The summed E-state index contributed by atoms with van der Waals surface area (Å²) in [6.45, 7) is 8.40. The molecule has 0 saturated carbocycles. The van der Waals surface area contributed by atoms with Crippen LogP contribution in [0.1, 0.15) is 64.2 Å². The molecule has 15 heavy (non-hydrogen) atoms. The molecule has 0 saturated heterocycles. The molecular weight excluding hydrogens is 190 g/mol. The van der Waals surface area contributed by atoms with E-state index in [2.05, 4.69) is 37.8 Å². The number of hydrogen-bond donors (Lipinski definition) is 1. The van der Waals surface area contributed by atoms with Crippen molar-refractivity contribution in [2.75, 3.05) is 0 Å². The molecular formula is C11H21N3O. The summed E-state index contributed by atoms with van der Waals surface area (Å²) in [5.41, 5.74) is 6.01. The van der Waals surface area contributed by atoms with E-state index in [1.807, 2.05) is 0 Å². The molecule has 0 fully saturated rings. The Hall–Kier alpha value is -0.900. The fraction of sp³-hybridized carbons (Fsp3) is 0.818. The minimum Gasteiger partial charge on any atom is -0.338 e. The van der Waals surface area contributed by atoms with Crippen LogP contribution in [0.15, 0.2) is 4.52 Å². The maximum absolute atomic E-state index is 6.01. The van der Waals surface area contributed by atoms with Gasteiger partial charge in [-0.1, -0.05) is 39.3 Å². The second-order valence-electron chi connectivity index (χ2n) is 4.21. The van der Waals surface area contributed by atoms with Crippen LogP contribution >= 0.6 is 0 Å². The Morgan fingerprint density at radius 2 is 1.93 bits per heavy atom. The van der Waals surface area contributed by atoms with Crippen molar-refractivity contribution >= 4 is 0 Å². The molecule has 3 atom stereocenters. The third-order valence-electron chi connectivity index (χ3n) is 3.05. The normalized spacial score (nSPS) is 17.4. The molecule has 86 valence electrons. The van der Waals surface area contributed by atoms with Gasteiger partial charge >= 0.3 is 0 Å². The number of nitrogens with two attached hydrogens (primary N) is 1. The highest BCUT2D eigenvalue weighted by Crippen LogP contribution is 2.22. The Kier molecular flexibility index (Phi) is 4.27. The highest BCUT2D eigenvalue weighted by atomic mass is 16.5. The minimum atomic E-state index is -0.139. The zero-order chi connectivity index (χ0) is 11.4. The molecule has 0 aliphatic rings. The van der Waals surface area contributed by atoms with Gasteiger partial charge < -0.3 is 10.3 Å². The summed E-state index contributed by atoms with van der Waals surface area (Å²) in [5.74, 6) is 2.05. The molecule has 4 heteroatoms. The van der Waals surface area contributed by atoms with Crippen molar-refractivity contribution in [3.8, 4) is 0 Å². The van der Waals surface area contributed by atoms with Crippen molar-refractivity contribution in [1.29, 1.82) is 0 Å². The molecule has 3 unspecified atom stereocenters. The van der Waals surface area contributed by atoms with Crippen LogP contribution in [0, 0.1) is 5.92 Å². The third kappa shape index (κ3) is 2.78. The lowest BCUT2D eigenvalue weighted by atomic mass is 10.0. The fourth-order valence-corrected chi connectivity index (χ4v) is 1.26. The second-order valence-corrected chi connectivity index (χ2v) is 4.21. The van der Waals surface area contributed by atoms with Gasteiger partial charge in [-0.2, -0.15) is 4.98 Å². The highest BCUT2D eigenvalue weighted by molar-refractivity contribution is 4.97. The topological polar surface area (TPSA) is 64.9 Å². The van der Waals surface area contributed by atoms with Crippen LogP contribution < -0.4 is 5.73 Å². The van der Waals surface area contributed by atoms with E-state index in [0.29, 0.717) is 17.7 Å². The van der Waals surface area contributed by atoms with Crippen LogP contribution in [-0.2, 0) is 0 Å². The first-order valence-electron chi connectivity index (χ1n) is 5.69. The third-order valence-corrected chi connectivity index (χ3v) is 3.05. The van der Waals surface area contributed by atoms with E-state index >= 15 is 0 Å². The lowest BCUT2D eigenvalue weighted by Gasteiger charge is -2.13. The van der Waals surface area contributed by atoms with Gasteiger partial charge in [0.25, 0.3) is 0 Å². The molecule has 0 aliphatic carbocycles. The quantitative estimate of drug-likeness (QED) is 0.813. The molecule has 2 N–H and O–H groups in total. The standard InChI is InChI=1S/C11H21N3O/c1-5-7(3)9(12)11-13-10(14-15-11)8(4)6-2/h7-9H,5-6,12H2,1-4H3. The van der Waals surface area contributed by atoms with Crippen LogP contribution in [0.3, 0.4) is 0 Å². The largest absolute Gasteiger partial charge is 0.338 e. The van der Waals surface area contributed by atoms with Crippen molar-refractivity contribution in [1.82, 2.24) is 10.1 Å². The van der Waals surface area contributed by atoms with Gasteiger partial charge in [-0.05, 0) is 12.3 Å². The van der Waals surface area contributed by atoms with Crippen molar-refractivity contribution in [3.63, 3.8) is 0 Å². The Labute approximate surface area is 91.2 Å². The number of nitrogens with zero attached hydrogens (tertiary/aromatic N) is 2. The summed E-state index contributed by atoms with van der Waals surface area (Å²) in [7, 11) is 0. The zero-order valence-corrected chi connectivity index (χ0v) is 10.0. The number of aromatic nitrogens is 2. The van der Waals surface area contributed by atoms with E-state index in [4.69, 9.17) is 10.3 Å². The first kappa shape index (κ1) is 12.2. The summed E-state index contributed by atoms with van der Waals surface area (Å²) < 4.78 is 5.19. The van der Waals surface area contributed by atoms with Crippen LogP contribution in [0.2, 0.25) is 0 Å². The van der Waals surface area contributed by atoms with Crippen LogP contribution in [0.5, 0.6) is 0 Å². The van der Waals surface area contributed by atoms with Gasteiger partial charge in [0.2, 0.25) is 5.89 Å². The maximum atomic E-state index is 6.01. The predicted octanol–water partition coefficient (Wildman–Crippen LogP) is 2.63. The highest BCUT2D eigenvalue weighted by Gasteiger charge is 2.21. The van der Waals surface area contributed by atoms with Crippen LogP contribution in [0.4, 0.5) is 0 Å². The fourth-order valence-electron chi connectivity index (χ4n) is 1.26. The number of hydrogen-bond acceptors (Lipinski definition) is 4. The lowest BCUT2D eigenvalue weighted by Crippen LogP contribution is -2.18. The van der Waals surface area contributed by atoms with E-state index in [0.717, 1.165) is 18.7 Å². The lowest BCUT2D eigenvalue weighted by molar-refractivity contribution is 0.309. The molecule has 0 aliphatic heterocycles. The van der Waals surface area contributed by atoms with E-state index in [1.165, 1.54) is 0 Å². The smallest absolute Gasteiger partial charge is 0.243 e. The Morgan fingerprint density at radius 1 is 1.27 bits per heavy atom. The molecule has 1 heterocycles. The summed E-state index contributed by atoms with van der Waals surface area (Å²) in [6, 6.07) is -0.139. The van der Waals surface area contributed by atoms with E-state index in [-0.39, 0.29) is 6.04 Å². The maximum Gasteiger partial charge on any atom is 0.243 e. The van der Waals surface area contributed by atoms with Crippen molar-refractivity contribution in [2.45, 2.75) is 52.5 Å². The average Bonchev–Trinajstić information content (AvgIpc) is 2.75. The van der Waals surface area contributed by atoms with Crippen molar-refractivity contribution in [3.05, 3.63) is 11.7 Å². The molecule has 0 aromatic carbocycles. The molecule has 0 spiro atoms. The van der Waals surface area contributed by atoms with Gasteiger partial charge in [-0.3, -0.25) is 0 Å². The predicted molar refractivity (Wildman–Crippen MR) is 59.4 cm³/mol. The Morgan fingerprint density at radius 3 is 2.47 bits per heavy atom.